The lowest BCUT2D eigenvalue weighted by atomic mass is 10.2. The van der Waals surface area contributed by atoms with E-state index in [1.165, 1.54) is 17.0 Å². The van der Waals surface area contributed by atoms with Crippen molar-refractivity contribution in [3.8, 4) is 0 Å². The Morgan fingerprint density at radius 3 is 2.40 bits per heavy atom. The summed E-state index contributed by atoms with van der Waals surface area (Å²) in [6.07, 6.45) is 1.76. The van der Waals surface area contributed by atoms with Crippen LogP contribution in [0.4, 0.5) is 4.39 Å². The number of rotatable bonds is 3. The molecule has 0 aromatic heterocycles. The summed E-state index contributed by atoms with van der Waals surface area (Å²) in [4.78, 5) is 24.8. The van der Waals surface area contributed by atoms with Crippen molar-refractivity contribution in [2.24, 2.45) is 0 Å². The van der Waals surface area contributed by atoms with Gasteiger partial charge in [-0.3, -0.25) is 9.59 Å². The molecule has 2 fully saturated rings. The Labute approximate surface area is 145 Å². The Kier molecular flexibility index (Phi) is 4.79. The van der Waals surface area contributed by atoms with Crippen LogP contribution in [0.1, 0.15) is 18.4 Å². The SMILES string of the molecule is Cc1ccc(F)c(S(=O)(=O)N2CCN(C(=O)C(=O)NC3CC3)CC2)c1. The van der Waals surface area contributed by atoms with Crippen LogP contribution in [-0.2, 0) is 19.6 Å². The van der Waals surface area contributed by atoms with Gasteiger partial charge in [-0.1, -0.05) is 6.07 Å². The quantitative estimate of drug-likeness (QED) is 0.774. The van der Waals surface area contributed by atoms with Crippen molar-refractivity contribution in [3.63, 3.8) is 0 Å². The minimum atomic E-state index is -3.97. The van der Waals surface area contributed by atoms with Crippen LogP contribution in [0, 0.1) is 12.7 Å². The predicted molar refractivity (Wildman–Crippen MR) is 87.6 cm³/mol. The molecule has 1 heterocycles. The molecule has 9 heteroatoms. The normalized spacial score (nSPS) is 18.9. The van der Waals surface area contributed by atoms with Crippen LogP contribution >= 0.6 is 0 Å². The number of aryl methyl sites for hydroxylation is 1. The molecule has 1 aliphatic heterocycles. The summed E-state index contributed by atoms with van der Waals surface area (Å²) in [5, 5.41) is 2.62. The maximum Gasteiger partial charge on any atom is 0.311 e. The number of nitrogens with one attached hydrogen (secondary N) is 1. The van der Waals surface area contributed by atoms with Gasteiger partial charge in [0, 0.05) is 32.2 Å². The van der Waals surface area contributed by atoms with Gasteiger partial charge in [-0.15, -0.1) is 0 Å². The number of benzene rings is 1. The number of carbonyl (C=O) groups excluding carboxylic acids is 2. The average Bonchev–Trinajstić information content (AvgIpc) is 3.40. The first-order valence-corrected chi connectivity index (χ1v) is 9.59. The highest BCUT2D eigenvalue weighted by Crippen LogP contribution is 2.22. The highest BCUT2D eigenvalue weighted by Gasteiger charge is 2.34. The van der Waals surface area contributed by atoms with Gasteiger partial charge in [-0.05, 0) is 37.5 Å². The lowest BCUT2D eigenvalue weighted by Gasteiger charge is -2.33. The lowest BCUT2D eigenvalue weighted by molar-refractivity contribution is -0.146. The molecule has 7 nitrogen and oxygen atoms in total. The maximum atomic E-state index is 13.9. The highest BCUT2D eigenvalue weighted by atomic mass is 32.2. The molecular weight excluding hydrogens is 349 g/mol. The summed E-state index contributed by atoms with van der Waals surface area (Å²) in [7, 11) is -3.97. The van der Waals surface area contributed by atoms with Crippen LogP contribution in [0.5, 0.6) is 0 Å². The van der Waals surface area contributed by atoms with Crippen molar-refractivity contribution in [1.29, 1.82) is 0 Å². The summed E-state index contributed by atoms with van der Waals surface area (Å²) >= 11 is 0. The number of halogens is 1. The number of sulfonamides is 1. The third kappa shape index (κ3) is 3.82. The first-order chi connectivity index (χ1) is 11.8. The van der Waals surface area contributed by atoms with Crippen LogP contribution in [-0.4, -0.2) is 61.7 Å². The van der Waals surface area contributed by atoms with E-state index in [2.05, 4.69) is 5.32 Å². The largest absolute Gasteiger partial charge is 0.345 e. The number of carbonyl (C=O) groups is 2. The molecule has 0 radical (unpaired) electrons. The fourth-order valence-corrected chi connectivity index (χ4v) is 4.27. The fourth-order valence-electron chi connectivity index (χ4n) is 2.70. The van der Waals surface area contributed by atoms with E-state index in [0.29, 0.717) is 5.56 Å². The average molecular weight is 369 g/mol. The number of amides is 2. The van der Waals surface area contributed by atoms with E-state index >= 15 is 0 Å². The van der Waals surface area contributed by atoms with E-state index in [0.717, 1.165) is 23.2 Å². The van der Waals surface area contributed by atoms with Gasteiger partial charge in [0.05, 0.1) is 0 Å². The third-order valence-corrected chi connectivity index (χ3v) is 6.25. The Morgan fingerprint density at radius 1 is 1.16 bits per heavy atom. The standard InChI is InChI=1S/C16H20FN3O4S/c1-11-2-5-13(17)14(10-11)25(23,24)20-8-6-19(7-9-20)16(22)15(21)18-12-3-4-12/h2,5,10,12H,3-4,6-9H2,1H3,(H,18,21). The third-order valence-electron chi connectivity index (χ3n) is 4.34. The summed E-state index contributed by atoms with van der Waals surface area (Å²) < 4.78 is 40.3. The van der Waals surface area contributed by atoms with E-state index in [4.69, 9.17) is 0 Å². The van der Waals surface area contributed by atoms with E-state index < -0.39 is 27.7 Å². The molecule has 1 aromatic carbocycles. The van der Waals surface area contributed by atoms with Gasteiger partial charge in [0.2, 0.25) is 10.0 Å². The fraction of sp³-hybridized carbons (Fsp3) is 0.500. The first kappa shape index (κ1) is 17.8. The molecule has 0 spiro atoms. The summed E-state index contributed by atoms with van der Waals surface area (Å²) in [6.45, 7) is 1.94. The second kappa shape index (κ2) is 6.72. The zero-order chi connectivity index (χ0) is 18.2. The summed E-state index contributed by atoms with van der Waals surface area (Å²) in [6, 6.07) is 4.02. The minimum absolute atomic E-state index is 0.0260. The van der Waals surface area contributed by atoms with Crippen LogP contribution in [0.3, 0.4) is 0 Å². The molecule has 1 N–H and O–H groups in total. The second-order valence-corrected chi connectivity index (χ2v) is 8.28. The Morgan fingerprint density at radius 2 is 1.80 bits per heavy atom. The zero-order valence-electron chi connectivity index (χ0n) is 13.9. The number of hydrogen-bond donors (Lipinski definition) is 1. The Bertz CT molecular complexity index is 800. The monoisotopic (exact) mass is 369 g/mol. The van der Waals surface area contributed by atoms with Crippen molar-refractivity contribution in [2.75, 3.05) is 26.2 Å². The molecule has 3 rings (SSSR count). The molecule has 0 atom stereocenters. The molecule has 2 aliphatic rings. The second-order valence-electron chi connectivity index (χ2n) is 6.38. The van der Waals surface area contributed by atoms with Gasteiger partial charge >= 0.3 is 11.8 Å². The summed E-state index contributed by atoms with van der Waals surface area (Å²) in [5.41, 5.74) is 0.644. The van der Waals surface area contributed by atoms with Crippen molar-refractivity contribution in [3.05, 3.63) is 29.6 Å². The van der Waals surface area contributed by atoms with Gasteiger partial charge in [0.25, 0.3) is 0 Å². The van der Waals surface area contributed by atoms with Crippen molar-refractivity contribution in [2.45, 2.75) is 30.7 Å². The smallest absolute Gasteiger partial charge is 0.311 e. The van der Waals surface area contributed by atoms with E-state index in [1.807, 2.05) is 0 Å². The molecule has 1 saturated carbocycles. The van der Waals surface area contributed by atoms with Gasteiger partial charge in [-0.2, -0.15) is 4.31 Å². The highest BCUT2D eigenvalue weighted by molar-refractivity contribution is 7.89. The molecule has 1 aliphatic carbocycles. The van der Waals surface area contributed by atoms with Gasteiger partial charge in [-0.25, -0.2) is 12.8 Å². The van der Waals surface area contributed by atoms with E-state index in [-0.39, 0.29) is 37.1 Å². The van der Waals surface area contributed by atoms with Crippen molar-refractivity contribution >= 4 is 21.8 Å². The first-order valence-electron chi connectivity index (χ1n) is 8.15. The Balaban J connectivity index is 1.65. The van der Waals surface area contributed by atoms with Crippen LogP contribution in [0.15, 0.2) is 23.1 Å². The van der Waals surface area contributed by atoms with Gasteiger partial charge in [0.1, 0.15) is 10.7 Å². The van der Waals surface area contributed by atoms with E-state index in [1.54, 1.807) is 6.92 Å². The Hall–Kier alpha value is -2.00. The number of piperazine rings is 1. The van der Waals surface area contributed by atoms with Crippen LogP contribution in [0.2, 0.25) is 0 Å². The van der Waals surface area contributed by atoms with Crippen LogP contribution in [0.25, 0.3) is 0 Å². The van der Waals surface area contributed by atoms with Gasteiger partial charge < -0.3 is 10.2 Å². The molecule has 1 saturated heterocycles. The topological polar surface area (TPSA) is 86.8 Å². The number of hydrogen-bond acceptors (Lipinski definition) is 4. The molecular formula is C16H20FN3O4S. The summed E-state index contributed by atoms with van der Waals surface area (Å²) in [5.74, 6) is -2.10. The molecule has 0 bridgehead atoms. The molecule has 136 valence electrons. The maximum absolute atomic E-state index is 13.9. The lowest BCUT2D eigenvalue weighted by Crippen LogP contribution is -2.54. The molecule has 2 amide bonds. The molecule has 1 aromatic rings. The van der Waals surface area contributed by atoms with Crippen molar-refractivity contribution in [1.82, 2.24) is 14.5 Å². The molecule has 0 unspecified atom stereocenters. The zero-order valence-corrected chi connectivity index (χ0v) is 14.7. The molecule has 25 heavy (non-hydrogen) atoms. The van der Waals surface area contributed by atoms with Crippen molar-refractivity contribution < 1.29 is 22.4 Å². The van der Waals surface area contributed by atoms with Crippen LogP contribution < -0.4 is 5.32 Å². The van der Waals surface area contributed by atoms with Gasteiger partial charge in [0.15, 0.2) is 0 Å². The van der Waals surface area contributed by atoms with E-state index in [9.17, 15) is 22.4 Å². The number of nitrogens with zero attached hydrogens (tertiary/aromatic N) is 2. The minimum Gasteiger partial charge on any atom is -0.345 e. The predicted octanol–water partition coefficient (Wildman–Crippen LogP) is 0.246.